The SMILES string of the molecule is CC(=O)Oc1c2c(c(OC(C)=O)c3cc4c(cc13)[C@H]1C[C@@H]4c3cc4c(cc31)[C@H]1C[C@@H]4c3ccccc31)[C@H]1C[C@@H]2c2cc3c(cc21)[C@H]1C[C@@H]3c2ccccc21. The Morgan fingerprint density at radius 1 is 0.389 bits per heavy atom. The molecule has 0 saturated heterocycles. The Labute approximate surface area is 313 Å². The van der Waals surface area contributed by atoms with Gasteiger partial charge in [0.25, 0.3) is 0 Å². The molecule has 8 aliphatic rings. The molecule has 4 nitrogen and oxygen atoms in total. The van der Waals surface area contributed by atoms with Crippen LogP contribution in [0, 0.1) is 0 Å². The molecule has 14 rings (SSSR count). The number of fused-ring (bicyclic) bond motifs is 33. The molecule has 8 bridgehead atoms. The van der Waals surface area contributed by atoms with Gasteiger partial charge in [0, 0.05) is 83.1 Å². The highest BCUT2D eigenvalue weighted by Gasteiger charge is 2.51. The minimum absolute atomic E-state index is 0.0825. The predicted octanol–water partition coefficient (Wildman–Crippen LogP) is 10.6. The first-order chi connectivity index (χ1) is 26.4. The summed E-state index contributed by atoms with van der Waals surface area (Å²) in [5.74, 6) is 3.35. The van der Waals surface area contributed by atoms with Gasteiger partial charge in [-0.25, -0.2) is 0 Å². The van der Waals surface area contributed by atoms with Crippen molar-refractivity contribution < 1.29 is 19.1 Å². The van der Waals surface area contributed by atoms with Crippen LogP contribution in [0.25, 0.3) is 10.8 Å². The van der Waals surface area contributed by atoms with Crippen molar-refractivity contribution in [2.24, 2.45) is 0 Å². The Kier molecular flexibility index (Phi) is 5.05. The van der Waals surface area contributed by atoms with Gasteiger partial charge in [0.05, 0.1) is 0 Å². The van der Waals surface area contributed by atoms with E-state index in [2.05, 4.69) is 84.9 Å². The number of carbonyl (C=O) groups is 2. The molecule has 0 heterocycles. The van der Waals surface area contributed by atoms with Gasteiger partial charge < -0.3 is 9.47 Å². The van der Waals surface area contributed by atoms with E-state index in [-0.39, 0.29) is 23.8 Å². The molecule has 6 aromatic rings. The van der Waals surface area contributed by atoms with Crippen LogP contribution in [0.1, 0.15) is 176 Å². The highest BCUT2D eigenvalue weighted by Crippen LogP contribution is 2.68. The molecule has 0 aliphatic heterocycles. The zero-order valence-corrected chi connectivity index (χ0v) is 30.2. The minimum Gasteiger partial charge on any atom is -0.426 e. The first kappa shape index (κ1) is 28.9. The highest BCUT2D eigenvalue weighted by atomic mass is 16.5. The fraction of sp³-hybridized carbons (Fsp3) is 0.280. The Balaban J connectivity index is 0.959. The van der Waals surface area contributed by atoms with Crippen LogP contribution in [0.4, 0.5) is 0 Å². The third-order valence-electron chi connectivity index (χ3n) is 15.4. The Hall–Kier alpha value is -5.48. The summed E-state index contributed by atoms with van der Waals surface area (Å²) >= 11 is 0. The second-order valence-electron chi connectivity index (χ2n) is 17.5. The van der Waals surface area contributed by atoms with Crippen molar-refractivity contribution in [3.63, 3.8) is 0 Å². The molecule has 4 heteroatoms. The normalized spacial score (nSPS) is 27.7. The number of rotatable bonds is 2. The quantitative estimate of drug-likeness (QED) is 0.133. The van der Waals surface area contributed by atoms with Crippen molar-refractivity contribution in [1.29, 1.82) is 0 Å². The molecule has 8 atom stereocenters. The first-order valence-corrected chi connectivity index (χ1v) is 20.0. The third kappa shape index (κ3) is 3.24. The average Bonchev–Trinajstić information content (AvgIpc) is 4.05. The summed E-state index contributed by atoms with van der Waals surface area (Å²) < 4.78 is 12.7. The topological polar surface area (TPSA) is 52.6 Å². The van der Waals surface area contributed by atoms with Crippen LogP contribution in [0.5, 0.6) is 11.5 Å². The largest absolute Gasteiger partial charge is 0.426 e. The van der Waals surface area contributed by atoms with E-state index in [0.29, 0.717) is 47.0 Å². The number of benzene rings is 6. The molecule has 0 aromatic heterocycles. The lowest BCUT2D eigenvalue weighted by Crippen LogP contribution is -2.15. The van der Waals surface area contributed by atoms with Crippen LogP contribution in [0.2, 0.25) is 0 Å². The number of hydrogen-bond donors (Lipinski definition) is 0. The van der Waals surface area contributed by atoms with E-state index in [4.69, 9.17) is 9.47 Å². The Morgan fingerprint density at radius 2 is 0.648 bits per heavy atom. The molecule has 0 saturated carbocycles. The van der Waals surface area contributed by atoms with Gasteiger partial charge in [-0.3, -0.25) is 9.59 Å². The van der Waals surface area contributed by atoms with Gasteiger partial charge in [0.15, 0.2) is 0 Å². The molecule has 0 unspecified atom stereocenters. The van der Waals surface area contributed by atoms with Gasteiger partial charge in [-0.15, -0.1) is 0 Å². The van der Waals surface area contributed by atoms with E-state index in [1.807, 2.05) is 0 Å². The van der Waals surface area contributed by atoms with Crippen LogP contribution in [-0.4, -0.2) is 11.9 Å². The molecule has 54 heavy (non-hydrogen) atoms. The minimum atomic E-state index is -0.317. The van der Waals surface area contributed by atoms with E-state index < -0.39 is 0 Å². The lowest BCUT2D eigenvalue weighted by Gasteiger charge is -2.29. The zero-order chi connectivity index (χ0) is 35.5. The smallest absolute Gasteiger partial charge is 0.308 e. The van der Waals surface area contributed by atoms with Crippen LogP contribution < -0.4 is 9.47 Å². The molecule has 0 fully saturated rings. The summed E-state index contributed by atoms with van der Waals surface area (Å²) in [5, 5.41) is 1.79. The Morgan fingerprint density at radius 3 is 0.963 bits per heavy atom. The Bertz CT molecular complexity index is 2670. The molecule has 260 valence electrons. The molecule has 0 radical (unpaired) electrons. The lowest BCUT2D eigenvalue weighted by molar-refractivity contribution is -0.133. The van der Waals surface area contributed by atoms with E-state index in [1.165, 1.54) is 98.2 Å². The van der Waals surface area contributed by atoms with Crippen LogP contribution >= 0.6 is 0 Å². The zero-order valence-electron chi connectivity index (χ0n) is 30.2. The van der Waals surface area contributed by atoms with Gasteiger partial charge in [0.2, 0.25) is 0 Å². The van der Waals surface area contributed by atoms with Crippen molar-refractivity contribution in [3.05, 3.63) is 174 Å². The molecule has 0 spiro atoms. The number of esters is 2. The maximum atomic E-state index is 13.0. The standard InChI is InChI=1S/C50H36O4/c1-21(51)53-49-45-18-39-37-15-38(36-14-32-28-11-27(31(32)13-35(36)37)23-7-3-4-8-24(23)28)40(39)19-46(45)50(54-22(2)52)48-44-20-43(47(48)49)41-16-33-29-12-30(34(33)17-42(41)44)26-10-6-5-9-25(26)29/h3-10,13-14,16-19,27-30,37-38,43-44H,11-12,15,20H2,1-2H3/t27-,28+,29+,30-,37-,38+,43+,44-. The average molecular weight is 701 g/mol. The van der Waals surface area contributed by atoms with Crippen molar-refractivity contribution in [3.8, 4) is 11.5 Å². The lowest BCUT2D eigenvalue weighted by atomic mass is 9.76. The summed E-state index contributed by atoms with van der Waals surface area (Å²) in [6.45, 7) is 3.02. The molecular formula is C50H36O4. The maximum absolute atomic E-state index is 13.0. The van der Waals surface area contributed by atoms with E-state index in [1.54, 1.807) is 0 Å². The summed E-state index contributed by atoms with van der Waals surface area (Å²) in [5.41, 5.74) is 22.4. The van der Waals surface area contributed by atoms with Gasteiger partial charge >= 0.3 is 11.9 Å². The van der Waals surface area contributed by atoms with E-state index >= 15 is 0 Å². The molecule has 0 N–H and O–H groups in total. The van der Waals surface area contributed by atoms with Crippen molar-refractivity contribution in [1.82, 2.24) is 0 Å². The van der Waals surface area contributed by atoms with Gasteiger partial charge in [-0.05, 0) is 116 Å². The maximum Gasteiger partial charge on any atom is 0.308 e. The molecule has 8 aliphatic carbocycles. The third-order valence-corrected chi connectivity index (χ3v) is 15.4. The summed E-state index contributed by atoms with van der Waals surface area (Å²) in [6.07, 6.45) is 4.30. The van der Waals surface area contributed by atoms with Gasteiger partial charge in [-0.1, -0.05) is 72.8 Å². The number of ether oxygens (including phenoxy) is 2. The monoisotopic (exact) mass is 700 g/mol. The van der Waals surface area contributed by atoms with Crippen molar-refractivity contribution in [2.45, 2.75) is 86.9 Å². The molecule has 0 amide bonds. The second kappa shape index (κ2) is 9.41. The van der Waals surface area contributed by atoms with Crippen LogP contribution in [0.3, 0.4) is 0 Å². The van der Waals surface area contributed by atoms with E-state index in [0.717, 1.165) is 41.2 Å². The summed E-state index contributed by atoms with van der Waals surface area (Å²) in [7, 11) is 0. The molecular weight excluding hydrogens is 665 g/mol. The number of carbonyl (C=O) groups excluding carboxylic acids is 2. The van der Waals surface area contributed by atoms with Gasteiger partial charge in [-0.2, -0.15) is 0 Å². The van der Waals surface area contributed by atoms with Gasteiger partial charge in [0.1, 0.15) is 11.5 Å². The van der Waals surface area contributed by atoms with Crippen LogP contribution in [0.15, 0.2) is 84.9 Å². The van der Waals surface area contributed by atoms with Crippen LogP contribution in [-0.2, 0) is 9.59 Å². The number of hydrogen-bond acceptors (Lipinski definition) is 4. The fourth-order valence-corrected chi connectivity index (χ4v) is 13.7. The van der Waals surface area contributed by atoms with Crippen molar-refractivity contribution in [2.75, 3.05) is 0 Å². The van der Waals surface area contributed by atoms with Crippen molar-refractivity contribution >= 4 is 22.7 Å². The first-order valence-electron chi connectivity index (χ1n) is 20.0. The second-order valence-corrected chi connectivity index (χ2v) is 17.5. The summed E-state index contributed by atoms with van der Waals surface area (Å²) in [4.78, 5) is 26.0. The predicted molar refractivity (Wildman–Crippen MR) is 206 cm³/mol. The summed E-state index contributed by atoms with van der Waals surface area (Å²) in [6, 6.07) is 32.8. The highest BCUT2D eigenvalue weighted by molar-refractivity contribution is 6.02. The van der Waals surface area contributed by atoms with E-state index in [9.17, 15) is 9.59 Å². The molecule has 6 aromatic carbocycles. The fourth-order valence-electron chi connectivity index (χ4n) is 13.7.